The molecule has 2 N–H and O–H groups in total. The van der Waals surface area contributed by atoms with Crippen molar-refractivity contribution in [2.75, 3.05) is 18.4 Å². The minimum absolute atomic E-state index is 0.0461. The number of hydrogen-bond donors (Lipinski definition) is 2. The molecule has 0 aromatic heterocycles. The number of amides is 2. The molecule has 1 aliphatic heterocycles. The third-order valence-electron chi connectivity index (χ3n) is 3.39. The first-order chi connectivity index (χ1) is 9.38. The molecule has 1 fully saturated rings. The Morgan fingerprint density at radius 1 is 1.45 bits per heavy atom. The van der Waals surface area contributed by atoms with Crippen molar-refractivity contribution in [3.63, 3.8) is 0 Å². The summed E-state index contributed by atoms with van der Waals surface area (Å²) in [6.07, 6.45) is 0. The van der Waals surface area contributed by atoms with Gasteiger partial charge in [0.05, 0.1) is 10.9 Å². The Morgan fingerprint density at radius 2 is 2.15 bits per heavy atom. The van der Waals surface area contributed by atoms with Gasteiger partial charge in [-0.2, -0.15) is 0 Å². The van der Waals surface area contributed by atoms with Crippen LogP contribution in [0.25, 0.3) is 0 Å². The molecule has 2 amide bonds. The molecule has 1 heterocycles. The molecule has 20 heavy (non-hydrogen) atoms. The normalized spacial score (nSPS) is 21.9. The number of carbonyl (C=O) groups is 2. The maximum atomic E-state index is 12.1. The van der Waals surface area contributed by atoms with Crippen molar-refractivity contribution in [2.24, 2.45) is 11.8 Å². The third-order valence-corrected chi connectivity index (χ3v) is 4.60. The van der Waals surface area contributed by atoms with E-state index < -0.39 is 11.9 Å². The molecule has 1 saturated heterocycles. The maximum absolute atomic E-state index is 12.1. The van der Waals surface area contributed by atoms with Crippen LogP contribution in [0.15, 0.2) is 22.7 Å². The van der Waals surface area contributed by atoms with E-state index in [9.17, 15) is 9.59 Å². The number of benzene rings is 1. The molecular weight excluding hydrogens is 348 g/mol. The van der Waals surface area contributed by atoms with E-state index in [1.54, 1.807) is 18.2 Å². The Hall–Kier alpha value is -1.27. The van der Waals surface area contributed by atoms with Gasteiger partial charge in [0.1, 0.15) is 0 Å². The molecule has 0 saturated carbocycles. The lowest BCUT2D eigenvalue weighted by Gasteiger charge is -2.17. The van der Waals surface area contributed by atoms with E-state index in [0.29, 0.717) is 21.7 Å². The summed E-state index contributed by atoms with van der Waals surface area (Å²) in [4.78, 5) is 24.7. The van der Waals surface area contributed by atoms with E-state index in [1.807, 2.05) is 6.92 Å². The highest BCUT2D eigenvalue weighted by Gasteiger charge is 2.36. The molecule has 0 radical (unpaired) electrons. The van der Waals surface area contributed by atoms with Gasteiger partial charge < -0.3 is 15.3 Å². The Kier molecular flexibility index (Phi) is 4.55. The van der Waals surface area contributed by atoms with Gasteiger partial charge in [0.25, 0.3) is 0 Å². The number of carbonyl (C=O) groups excluding carboxylic acids is 1. The van der Waals surface area contributed by atoms with Gasteiger partial charge in [-0.1, -0.05) is 18.5 Å². The second-order valence-electron chi connectivity index (χ2n) is 4.89. The molecule has 7 heteroatoms. The number of carboxylic acids is 1. The topological polar surface area (TPSA) is 69.6 Å². The van der Waals surface area contributed by atoms with E-state index in [1.165, 1.54) is 4.90 Å². The van der Waals surface area contributed by atoms with Crippen molar-refractivity contribution < 1.29 is 14.7 Å². The minimum Gasteiger partial charge on any atom is -0.481 e. The molecule has 0 aliphatic carbocycles. The van der Waals surface area contributed by atoms with Crippen LogP contribution in [0.2, 0.25) is 5.02 Å². The molecule has 2 rings (SSSR count). The summed E-state index contributed by atoms with van der Waals surface area (Å²) in [5, 5.41) is 12.4. The van der Waals surface area contributed by atoms with Gasteiger partial charge in [-0.3, -0.25) is 4.79 Å². The number of nitrogens with one attached hydrogen (secondary N) is 1. The van der Waals surface area contributed by atoms with E-state index in [2.05, 4.69) is 21.2 Å². The van der Waals surface area contributed by atoms with Crippen LogP contribution in [0.4, 0.5) is 10.5 Å². The van der Waals surface area contributed by atoms with Gasteiger partial charge >= 0.3 is 12.0 Å². The number of urea groups is 1. The molecule has 1 aromatic carbocycles. The number of nitrogens with zero attached hydrogens (tertiary/aromatic N) is 1. The second kappa shape index (κ2) is 6.01. The summed E-state index contributed by atoms with van der Waals surface area (Å²) in [5.74, 6) is -1.41. The molecule has 1 aliphatic rings. The van der Waals surface area contributed by atoms with Crippen molar-refractivity contribution in [1.29, 1.82) is 0 Å². The van der Waals surface area contributed by atoms with Crippen LogP contribution in [0.1, 0.15) is 6.92 Å². The molecule has 0 bridgehead atoms. The lowest BCUT2D eigenvalue weighted by molar-refractivity contribution is -0.142. The zero-order chi connectivity index (χ0) is 14.9. The fourth-order valence-corrected chi connectivity index (χ4v) is 2.73. The van der Waals surface area contributed by atoms with Gasteiger partial charge in [-0.25, -0.2) is 4.79 Å². The number of halogens is 2. The summed E-state index contributed by atoms with van der Waals surface area (Å²) in [6.45, 7) is 2.51. The van der Waals surface area contributed by atoms with Crippen LogP contribution >= 0.6 is 27.5 Å². The first kappa shape index (κ1) is 15.1. The van der Waals surface area contributed by atoms with Gasteiger partial charge in [0.2, 0.25) is 0 Å². The molecule has 108 valence electrons. The Labute approximate surface area is 130 Å². The van der Waals surface area contributed by atoms with Crippen molar-refractivity contribution >= 4 is 45.2 Å². The zero-order valence-electron chi connectivity index (χ0n) is 10.8. The van der Waals surface area contributed by atoms with Gasteiger partial charge in [0.15, 0.2) is 0 Å². The largest absolute Gasteiger partial charge is 0.481 e. The Balaban J connectivity index is 2.02. The van der Waals surface area contributed by atoms with E-state index in [4.69, 9.17) is 16.7 Å². The average Bonchev–Trinajstić information content (AvgIpc) is 2.76. The lowest BCUT2D eigenvalue weighted by atomic mass is 9.99. The second-order valence-corrected chi connectivity index (χ2v) is 6.15. The summed E-state index contributed by atoms with van der Waals surface area (Å²) >= 11 is 9.17. The maximum Gasteiger partial charge on any atom is 0.321 e. The monoisotopic (exact) mass is 360 g/mol. The highest BCUT2D eigenvalue weighted by atomic mass is 79.9. The molecule has 1 aromatic rings. The number of anilines is 1. The lowest BCUT2D eigenvalue weighted by Crippen LogP contribution is -2.33. The van der Waals surface area contributed by atoms with Crippen molar-refractivity contribution in [3.05, 3.63) is 27.7 Å². The summed E-state index contributed by atoms with van der Waals surface area (Å²) in [7, 11) is 0. The fraction of sp³-hybridized carbons (Fsp3) is 0.385. The predicted octanol–water partition coefficient (Wildman–Crippen LogP) is 3.29. The first-order valence-corrected chi connectivity index (χ1v) is 7.29. The fourth-order valence-electron chi connectivity index (χ4n) is 2.23. The smallest absolute Gasteiger partial charge is 0.321 e. The molecule has 5 nitrogen and oxygen atoms in total. The van der Waals surface area contributed by atoms with Crippen LogP contribution in [-0.2, 0) is 4.79 Å². The summed E-state index contributed by atoms with van der Waals surface area (Å²) in [5.41, 5.74) is 0.609. The first-order valence-electron chi connectivity index (χ1n) is 6.12. The number of hydrogen-bond acceptors (Lipinski definition) is 2. The third kappa shape index (κ3) is 3.24. The minimum atomic E-state index is -0.859. The average molecular weight is 362 g/mol. The van der Waals surface area contributed by atoms with Gasteiger partial charge in [-0.05, 0) is 40.0 Å². The van der Waals surface area contributed by atoms with E-state index in [-0.39, 0.29) is 18.5 Å². The number of aliphatic carboxylic acids is 1. The van der Waals surface area contributed by atoms with Crippen LogP contribution in [-0.4, -0.2) is 35.1 Å². The Bertz CT molecular complexity index is 552. The van der Waals surface area contributed by atoms with Crippen LogP contribution < -0.4 is 5.32 Å². The molecular formula is C13H14BrClN2O3. The Morgan fingerprint density at radius 3 is 2.70 bits per heavy atom. The van der Waals surface area contributed by atoms with Crippen LogP contribution in [0.3, 0.4) is 0 Å². The van der Waals surface area contributed by atoms with Crippen LogP contribution in [0, 0.1) is 11.8 Å². The number of carboxylic acid groups (broad SMARTS) is 1. The van der Waals surface area contributed by atoms with E-state index in [0.717, 1.165) is 0 Å². The SMILES string of the molecule is C[C@@H]1CN(C(=O)Nc2ccc(Cl)c(Br)c2)C[C@H]1C(=O)O. The van der Waals surface area contributed by atoms with Crippen LogP contribution in [0.5, 0.6) is 0 Å². The molecule has 2 atom stereocenters. The molecule has 0 spiro atoms. The van der Waals surface area contributed by atoms with E-state index >= 15 is 0 Å². The van der Waals surface area contributed by atoms with Gasteiger partial charge in [-0.15, -0.1) is 0 Å². The molecule has 0 unspecified atom stereocenters. The quantitative estimate of drug-likeness (QED) is 0.849. The standard InChI is InChI=1S/C13H14BrClN2O3/c1-7-5-17(6-9(7)12(18)19)13(20)16-8-2-3-11(15)10(14)4-8/h2-4,7,9H,5-6H2,1H3,(H,16,20)(H,18,19)/t7-,9-/m1/s1. The van der Waals surface area contributed by atoms with Crippen molar-refractivity contribution in [2.45, 2.75) is 6.92 Å². The van der Waals surface area contributed by atoms with Crippen molar-refractivity contribution in [3.8, 4) is 0 Å². The number of likely N-dealkylation sites (tertiary alicyclic amines) is 1. The van der Waals surface area contributed by atoms with Crippen molar-refractivity contribution in [1.82, 2.24) is 4.90 Å². The summed E-state index contributed by atoms with van der Waals surface area (Å²) < 4.78 is 0.690. The zero-order valence-corrected chi connectivity index (χ0v) is 13.1. The summed E-state index contributed by atoms with van der Waals surface area (Å²) in [6, 6.07) is 4.77. The predicted molar refractivity (Wildman–Crippen MR) is 80.0 cm³/mol. The highest BCUT2D eigenvalue weighted by molar-refractivity contribution is 9.10. The van der Waals surface area contributed by atoms with Gasteiger partial charge in [0, 0.05) is 23.2 Å². The number of rotatable bonds is 2. The highest BCUT2D eigenvalue weighted by Crippen LogP contribution is 2.27.